The molecule has 0 bridgehead atoms. The molecule has 2 aliphatic carbocycles. The van der Waals surface area contributed by atoms with E-state index in [9.17, 15) is 29.2 Å². The maximum atomic E-state index is 16.3. The summed E-state index contributed by atoms with van der Waals surface area (Å²) in [7, 11) is 1.41. The van der Waals surface area contributed by atoms with Gasteiger partial charge in [-0.25, -0.2) is 18.8 Å². The molecular weight excluding hydrogens is 921 g/mol. The minimum Gasteiger partial charge on any atom is -0.500 e. The molecule has 0 saturated heterocycles. The normalized spacial score (nSPS) is 14.0. The molecular formula is C54H65BrFNO10. The Kier molecular flexibility index (Phi) is 21.3. The fourth-order valence-corrected chi connectivity index (χ4v) is 8.60. The number of allylic oxidation sites excluding steroid dienone is 6. The van der Waals surface area contributed by atoms with E-state index in [4.69, 9.17) is 18.9 Å². The van der Waals surface area contributed by atoms with Crippen molar-refractivity contribution in [3.8, 4) is 17.2 Å². The highest BCUT2D eigenvalue weighted by Gasteiger charge is 2.35. The van der Waals surface area contributed by atoms with Crippen molar-refractivity contribution in [2.24, 2.45) is 11.1 Å². The second-order valence-corrected chi connectivity index (χ2v) is 16.5. The lowest BCUT2D eigenvalue weighted by Gasteiger charge is -2.24. The third kappa shape index (κ3) is 12.0. The van der Waals surface area contributed by atoms with E-state index in [1.54, 1.807) is 59.3 Å². The predicted octanol–water partition coefficient (Wildman–Crippen LogP) is 14.9. The van der Waals surface area contributed by atoms with Gasteiger partial charge in [-0.3, -0.25) is 4.79 Å². The number of aromatic carboxylic acids is 1. The number of rotatable bonds is 11. The number of carbonyl (C=O) groups excluding carboxylic acids is 3. The van der Waals surface area contributed by atoms with Crippen LogP contribution in [0.3, 0.4) is 0 Å². The second-order valence-electron chi connectivity index (χ2n) is 15.7. The highest BCUT2D eigenvalue weighted by Crippen LogP contribution is 2.45. The summed E-state index contributed by atoms with van der Waals surface area (Å²) in [6.45, 7) is 35.6. The first kappa shape index (κ1) is 56.9. The van der Waals surface area contributed by atoms with E-state index >= 15 is 4.39 Å². The maximum Gasteiger partial charge on any atom is 0.346 e. The Morgan fingerprint density at radius 1 is 0.701 bits per heavy atom. The van der Waals surface area contributed by atoms with E-state index in [1.165, 1.54) is 65.2 Å². The number of esters is 3. The summed E-state index contributed by atoms with van der Waals surface area (Å²) in [5.41, 5.74) is 5.47. The van der Waals surface area contributed by atoms with Crippen LogP contribution in [0.4, 0.5) is 10.1 Å². The van der Waals surface area contributed by atoms with Crippen LogP contribution in [-0.4, -0.2) is 36.1 Å². The Bertz CT molecular complexity index is 2580. The van der Waals surface area contributed by atoms with E-state index < -0.39 is 47.0 Å². The minimum atomic E-state index is -1.16. The molecule has 1 atom stereocenters. The van der Waals surface area contributed by atoms with Crippen LogP contribution in [0.5, 0.6) is 17.2 Å². The van der Waals surface area contributed by atoms with Gasteiger partial charge in [0.15, 0.2) is 17.3 Å². The summed E-state index contributed by atoms with van der Waals surface area (Å²) in [4.78, 5) is 65.1. The lowest BCUT2D eigenvalue weighted by molar-refractivity contribution is -0.137. The van der Waals surface area contributed by atoms with Gasteiger partial charge in [0.05, 0.1) is 28.3 Å². The van der Waals surface area contributed by atoms with Gasteiger partial charge in [-0.05, 0) is 172 Å². The van der Waals surface area contributed by atoms with E-state index in [2.05, 4.69) is 47.8 Å². The van der Waals surface area contributed by atoms with Crippen LogP contribution in [0, 0.1) is 72.0 Å². The summed E-state index contributed by atoms with van der Waals surface area (Å²) in [6.07, 6.45) is 11.8. The smallest absolute Gasteiger partial charge is 0.346 e. The largest absolute Gasteiger partial charge is 0.500 e. The van der Waals surface area contributed by atoms with E-state index in [0.717, 1.165) is 0 Å². The molecule has 1 N–H and O–H groups in total. The Morgan fingerprint density at radius 2 is 1.21 bits per heavy atom. The Balaban J connectivity index is 0.00000104. The van der Waals surface area contributed by atoms with Gasteiger partial charge in [0.2, 0.25) is 0 Å². The van der Waals surface area contributed by atoms with Crippen molar-refractivity contribution in [3.63, 3.8) is 0 Å². The standard InChI is InChI=1S/C41H39BrFNO10.C9H14.2C2H6/c1-13-26-24(10)30(40(48)52-35-21(7)18(4)29(38(45)46)19(5)22(35)8)25(11)33(43)37(26)54-41(49)31-20(6)23(9)36(32(42)34(31)44-50)53-39(47)28-17(3)14-16(2)15-27(28)51-12;1-3-9-7-5-4-6-8(9)2;2*1-2/h13-15,28H,1-2H2,3-12H3,(H,45,46);3H,1,4-7H2,2H3;2*1-2H3. The lowest BCUT2D eigenvalue weighted by atomic mass is 9.91. The molecule has 2 aliphatic rings. The molecule has 11 nitrogen and oxygen atoms in total. The SMILES string of the molecule is C=CC1=C(C)CCCC1.C=Cc1c(C)c(C(=O)Oc2c(C)c(C)c(C(=O)O)c(C)c2C)c(C)c(F)c1OC(=O)c1c(C)c(C)c(OC(=O)C2C(C)=CC(=C)C=C2OC)c(Br)c1N=O.CC.CC. The van der Waals surface area contributed by atoms with Crippen molar-refractivity contribution in [1.82, 2.24) is 0 Å². The number of ether oxygens (including phenoxy) is 4. The molecule has 0 aliphatic heterocycles. The monoisotopic (exact) mass is 985 g/mol. The number of methoxy groups -OCH3 is 1. The number of nitroso groups, excluding NO2 is 1. The van der Waals surface area contributed by atoms with Gasteiger partial charge in [0, 0.05) is 11.1 Å². The van der Waals surface area contributed by atoms with E-state index in [0.29, 0.717) is 39.2 Å². The summed E-state index contributed by atoms with van der Waals surface area (Å²) in [5, 5.41) is 12.7. The Labute approximate surface area is 403 Å². The summed E-state index contributed by atoms with van der Waals surface area (Å²) in [6, 6.07) is 0. The third-order valence-corrected chi connectivity index (χ3v) is 12.6. The average molecular weight is 987 g/mol. The molecule has 67 heavy (non-hydrogen) atoms. The van der Waals surface area contributed by atoms with Gasteiger partial charge in [0.25, 0.3) is 0 Å². The molecule has 0 heterocycles. The summed E-state index contributed by atoms with van der Waals surface area (Å²) >= 11 is 3.26. The van der Waals surface area contributed by atoms with Crippen molar-refractivity contribution in [2.75, 3.05) is 7.11 Å². The number of carbonyl (C=O) groups is 4. The maximum absolute atomic E-state index is 16.3. The molecule has 5 rings (SSSR count). The van der Waals surface area contributed by atoms with Crippen molar-refractivity contribution in [2.45, 2.75) is 123 Å². The van der Waals surface area contributed by atoms with Gasteiger partial charge in [-0.15, -0.1) is 4.91 Å². The van der Waals surface area contributed by atoms with Crippen LogP contribution < -0.4 is 14.2 Å². The van der Waals surface area contributed by atoms with Crippen molar-refractivity contribution < 1.29 is 47.6 Å². The molecule has 3 aromatic carbocycles. The second kappa shape index (κ2) is 25.1. The molecule has 360 valence electrons. The molecule has 0 aromatic heterocycles. The zero-order chi connectivity index (χ0) is 51.4. The molecule has 3 aromatic rings. The Hall–Kier alpha value is -6.21. The van der Waals surface area contributed by atoms with Crippen molar-refractivity contribution in [1.29, 1.82) is 0 Å². The summed E-state index contributed by atoms with van der Waals surface area (Å²) in [5.74, 6) is -6.11. The summed E-state index contributed by atoms with van der Waals surface area (Å²) < 4.78 is 38.7. The molecule has 13 heteroatoms. The number of carboxylic acids is 1. The number of nitrogens with zero attached hydrogens (tertiary/aromatic N) is 1. The highest BCUT2D eigenvalue weighted by atomic mass is 79.9. The lowest BCUT2D eigenvalue weighted by Crippen LogP contribution is -2.26. The van der Waals surface area contributed by atoms with E-state index in [1.807, 2.05) is 33.8 Å². The van der Waals surface area contributed by atoms with Gasteiger partial charge >= 0.3 is 23.9 Å². The van der Waals surface area contributed by atoms with Crippen LogP contribution in [0.25, 0.3) is 6.08 Å². The zero-order valence-electron chi connectivity index (χ0n) is 41.7. The number of carboxylic acid groups (broad SMARTS) is 1. The van der Waals surface area contributed by atoms with Crippen LogP contribution in [0.15, 0.2) is 75.7 Å². The minimum absolute atomic E-state index is 0.0411. The number of halogens is 2. The first-order valence-corrected chi connectivity index (χ1v) is 22.9. The van der Waals surface area contributed by atoms with Crippen molar-refractivity contribution in [3.05, 3.63) is 148 Å². The van der Waals surface area contributed by atoms with Gasteiger partial charge < -0.3 is 24.1 Å². The topological polar surface area (TPSA) is 155 Å². The molecule has 0 saturated carbocycles. The molecule has 0 spiro atoms. The van der Waals surface area contributed by atoms with Crippen LogP contribution >= 0.6 is 15.9 Å². The number of hydrogen-bond acceptors (Lipinski definition) is 10. The van der Waals surface area contributed by atoms with E-state index in [-0.39, 0.29) is 60.5 Å². The fraction of sp³-hybridized carbons (Fsp3) is 0.370. The van der Waals surface area contributed by atoms with Crippen molar-refractivity contribution >= 4 is 51.6 Å². The fourth-order valence-electron chi connectivity index (χ4n) is 7.95. The molecule has 0 fully saturated rings. The van der Waals surface area contributed by atoms with Crippen LogP contribution in [0.1, 0.15) is 148 Å². The third-order valence-electron chi connectivity index (χ3n) is 11.9. The van der Waals surface area contributed by atoms with Gasteiger partial charge in [-0.2, -0.15) is 0 Å². The van der Waals surface area contributed by atoms with Gasteiger partial charge in [-0.1, -0.05) is 76.8 Å². The predicted molar refractivity (Wildman–Crippen MR) is 268 cm³/mol. The highest BCUT2D eigenvalue weighted by molar-refractivity contribution is 9.10. The number of hydrogen-bond donors (Lipinski definition) is 1. The average Bonchev–Trinajstić information content (AvgIpc) is 3.30. The quantitative estimate of drug-likeness (QED) is 0.111. The van der Waals surface area contributed by atoms with Gasteiger partial charge in [0.1, 0.15) is 23.1 Å². The molecule has 0 amide bonds. The zero-order valence-corrected chi connectivity index (χ0v) is 43.2. The van der Waals surface area contributed by atoms with Crippen LogP contribution in [0.2, 0.25) is 0 Å². The first-order valence-electron chi connectivity index (χ1n) is 22.1. The van der Waals surface area contributed by atoms with Crippen LogP contribution in [-0.2, 0) is 9.53 Å². The molecule has 1 unspecified atom stereocenters. The first-order chi connectivity index (χ1) is 31.6. The Morgan fingerprint density at radius 3 is 1.69 bits per heavy atom. The number of benzene rings is 3. The molecule has 0 radical (unpaired) electrons.